The van der Waals surface area contributed by atoms with Crippen LogP contribution in [-0.4, -0.2) is 17.8 Å². The van der Waals surface area contributed by atoms with Crippen LogP contribution in [0.5, 0.6) is 5.75 Å². The lowest BCUT2D eigenvalue weighted by Crippen LogP contribution is -2.23. The molecule has 1 aromatic rings. The van der Waals surface area contributed by atoms with Crippen molar-refractivity contribution in [2.24, 2.45) is 5.92 Å². The number of benzene rings is 1. The molecule has 0 fully saturated rings. The second-order valence-electron chi connectivity index (χ2n) is 4.12. The van der Waals surface area contributed by atoms with Crippen molar-refractivity contribution in [3.8, 4) is 5.75 Å². The van der Waals surface area contributed by atoms with Gasteiger partial charge < -0.3 is 9.84 Å². The molecule has 0 heterocycles. The molecule has 0 aliphatic carbocycles. The second-order valence-corrected chi connectivity index (χ2v) is 4.12. The summed E-state index contributed by atoms with van der Waals surface area (Å²) in [6.07, 6.45) is 0.611. The van der Waals surface area contributed by atoms with Crippen LogP contribution in [0.4, 0.5) is 0 Å². The summed E-state index contributed by atoms with van der Waals surface area (Å²) in [4.78, 5) is 0. The minimum Gasteiger partial charge on any atom is -0.491 e. The first-order chi connectivity index (χ1) is 7.13. The van der Waals surface area contributed by atoms with Crippen LogP contribution in [-0.2, 0) is 6.42 Å². The van der Waals surface area contributed by atoms with Crippen LogP contribution in [0.2, 0.25) is 0 Å². The Hall–Kier alpha value is -1.02. The molecule has 15 heavy (non-hydrogen) atoms. The third-order valence-electron chi connectivity index (χ3n) is 2.50. The summed E-state index contributed by atoms with van der Waals surface area (Å²) in [6.45, 7) is 6.44. The molecule has 0 aliphatic heterocycles. The Balaban J connectivity index is 2.50. The Bertz CT molecular complexity index is 294. The van der Waals surface area contributed by atoms with Gasteiger partial charge in [0.05, 0.1) is 6.10 Å². The first-order valence-electron chi connectivity index (χ1n) is 5.53. The van der Waals surface area contributed by atoms with E-state index in [1.54, 1.807) is 0 Å². The van der Waals surface area contributed by atoms with E-state index in [0.717, 1.165) is 12.2 Å². The third-order valence-corrected chi connectivity index (χ3v) is 2.50. The number of aryl methyl sites for hydroxylation is 1. The van der Waals surface area contributed by atoms with Gasteiger partial charge in [0, 0.05) is 0 Å². The Kier molecular flexibility index (Phi) is 4.63. The number of aliphatic hydroxyl groups is 1. The fourth-order valence-electron chi connectivity index (χ4n) is 1.23. The topological polar surface area (TPSA) is 29.5 Å². The molecule has 0 aliphatic rings. The molecule has 0 saturated heterocycles. The summed E-state index contributed by atoms with van der Waals surface area (Å²) in [5, 5.41) is 9.59. The summed E-state index contributed by atoms with van der Waals surface area (Å²) in [7, 11) is 0. The van der Waals surface area contributed by atoms with E-state index in [4.69, 9.17) is 4.74 Å². The Morgan fingerprint density at radius 3 is 2.67 bits per heavy atom. The summed E-state index contributed by atoms with van der Waals surface area (Å²) >= 11 is 0. The van der Waals surface area contributed by atoms with Gasteiger partial charge in [-0.25, -0.2) is 0 Å². The SMILES string of the molecule is CCc1cccc(OCC(O)C(C)C)c1. The lowest BCUT2D eigenvalue weighted by Gasteiger charge is -2.15. The maximum absolute atomic E-state index is 9.59. The first kappa shape index (κ1) is 12.1. The molecule has 1 N–H and O–H groups in total. The van der Waals surface area contributed by atoms with Gasteiger partial charge in [0.15, 0.2) is 0 Å². The van der Waals surface area contributed by atoms with E-state index >= 15 is 0 Å². The van der Waals surface area contributed by atoms with Crippen molar-refractivity contribution in [2.75, 3.05) is 6.61 Å². The Labute approximate surface area is 91.9 Å². The fraction of sp³-hybridized carbons (Fsp3) is 0.538. The molecule has 2 nitrogen and oxygen atoms in total. The maximum atomic E-state index is 9.59. The molecule has 0 aromatic heterocycles. The van der Waals surface area contributed by atoms with Crippen LogP contribution in [0, 0.1) is 5.92 Å². The molecule has 0 saturated carbocycles. The highest BCUT2D eigenvalue weighted by Crippen LogP contribution is 2.14. The van der Waals surface area contributed by atoms with E-state index in [2.05, 4.69) is 13.0 Å². The smallest absolute Gasteiger partial charge is 0.119 e. The van der Waals surface area contributed by atoms with E-state index in [1.165, 1.54) is 5.56 Å². The van der Waals surface area contributed by atoms with Gasteiger partial charge in [-0.15, -0.1) is 0 Å². The van der Waals surface area contributed by atoms with Crippen LogP contribution in [0.25, 0.3) is 0 Å². The van der Waals surface area contributed by atoms with Crippen molar-refractivity contribution in [1.29, 1.82) is 0 Å². The summed E-state index contributed by atoms with van der Waals surface area (Å²) < 4.78 is 5.52. The summed E-state index contributed by atoms with van der Waals surface area (Å²) in [5.41, 5.74) is 1.26. The number of ether oxygens (including phenoxy) is 1. The zero-order chi connectivity index (χ0) is 11.3. The normalized spacial score (nSPS) is 12.9. The first-order valence-corrected chi connectivity index (χ1v) is 5.53. The Morgan fingerprint density at radius 2 is 2.07 bits per heavy atom. The van der Waals surface area contributed by atoms with E-state index in [-0.39, 0.29) is 5.92 Å². The molecular weight excluding hydrogens is 188 g/mol. The molecule has 1 atom stereocenters. The largest absolute Gasteiger partial charge is 0.491 e. The van der Waals surface area contributed by atoms with Crippen LogP contribution in [0.1, 0.15) is 26.3 Å². The predicted molar refractivity (Wildman–Crippen MR) is 62.2 cm³/mol. The highest BCUT2D eigenvalue weighted by Gasteiger charge is 2.09. The minimum absolute atomic E-state index is 0.236. The number of hydrogen-bond acceptors (Lipinski definition) is 2. The quantitative estimate of drug-likeness (QED) is 0.806. The maximum Gasteiger partial charge on any atom is 0.119 e. The summed E-state index contributed by atoms with van der Waals surface area (Å²) in [5.74, 6) is 1.08. The minimum atomic E-state index is -0.393. The van der Waals surface area contributed by atoms with E-state index < -0.39 is 6.10 Å². The zero-order valence-electron chi connectivity index (χ0n) is 9.73. The molecular formula is C13H20O2. The van der Waals surface area contributed by atoms with Crippen molar-refractivity contribution in [2.45, 2.75) is 33.3 Å². The lowest BCUT2D eigenvalue weighted by molar-refractivity contribution is 0.0701. The van der Waals surface area contributed by atoms with Gasteiger partial charge in [0.1, 0.15) is 12.4 Å². The average Bonchev–Trinajstić information content (AvgIpc) is 2.26. The molecule has 1 rings (SSSR count). The monoisotopic (exact) mass is 208 g/mol. The molecule has 0 bridgehead atoms. The van der Waals surface area contributed by atoms with Gasteiger partial charge in [-0.1, -0.05) is 32.9 Å². The van der Waals surface area contributed by atoms with Crippen LogP contribution in [0.15, 0.2) is 24.3 Å². The van der Waals surface area contributed by atoms with Crippen molar-refractivity contribution in [3.63, 3.8) is 0 Å². The highest BCUT2D eigenvalue weighted by atomic mass is 16.5. The van der Waals surface area contributed by atoms with E-state index in [0.29, 0.717) is 6.61 Å². The van der Waals surface area contributed by atoms with Crippen molar-refractivity contribution < 1.29 is 9.84 Å². The summed E-state index contributed by atoms with van der Waals surface area (Å²) in [6, 6.07) is 8.00. The van der Waals surface area contributed by atoms with Gasteiger partial charge in [0.2, 0.25) is 0 Å². The Morgan fingerprint density at radius 1 is 1.33 bits per heavy atom. The highest BCUT2D eigenvalue weighted by molar-refractivity contribution is 5.28. The van der Waals surface area contributed by atoms with E-state index in [9.17, 15) is 5.11 Å². The molecule has 1 unspecified atom stereocenters. The molecule has 84 valence electrons. The van der Waals surface area contributed by atoms with Crippen LogP contribution in [0.3, 0.4) is 0 Å². The van der Waals surface area contributed by atoms with Gasteiger partial charge in [-0.2, -0.15) is 0 Å². The molecule has 0 amide bonds. The number of aliphatic hydroxyl groups excluding tert-OH is 1. The van der Waals surface area contributed by atoms with Gasteiger partial charge in [-0.3, -0.25) is 0 Å². The van der Waals surface area contributed by atoms with Crippen LogP contribution < -0.4 is 4.74 Å². The average molecular weight is 208 g/mol. The van der Waals surface area contributed by atoms with Gasteiger partial charge in [0.25, 0.3) is 0 Å². The van der Waals surface area contributed by atoms with Crippen molar-refractivity contribution >= 4 is 0 Å². The zero-order valence-corrected chi connectivity index (χ0v) is 9.73. The number of hydrogen-bond donors (Lipinski definition) is 1. The lowest BCUT2D eigenvalue weighted by atomic mass is 10.1. The second kappa shape index (κ2) is 5.76. The van der Waals surface area contributed by atoms with Gasteiger partial charge >= 0.3 is 0 Å². The van der Waals surface area contributed by atoms with Crippen LogP contribution >= 0.6 is 0 Å². The molecule has 0 spiro atoms. The standard InChI is InChI=1S/C13H20O2/c1-4-11-6-5-7-12(8-11)15-9-13(14)10(2)3/h5-8,10,13-14H,4,9H2,1-3H3. The van der Waals surface area contributed by atoms with Crippen molar-refractivity contribution in [1.82, 2.24) is 0 Å². The van der Waals surface area contributed by atoms with Gasteiger partial charge in [-0.05, 0) is 30.0 Å². The molecule has 0 radical (unpaired) electrons. The van der Waals surface area contributed by atoms with E-state index in [1.807, 2.05) is 32.0 Å². The van der Waals surface area contributed by atoms with Crippen molar-refractivity contribution in [3.05, 3.63) is 29.8 Å². The third kappa shape index (κ3) is 3.92. The number of rotatable bonds is 5. The fourth-order valence-corrected chi connectivity index (χ4v) is 1.23. The molecule has 2 heteroatoms. The molecule has 1 aromatic carbocycles. The predicted octanol–water partition coefficient (Wildman–Crippen LogP) is 2.64.